The Balaban J connectivity index is 2.26. The number of hydrogen-bond donors (Lipinski definition) is 1. The standard InChI is InChI=1S/C18H12N4O/c19-10-13(11-20)16(12-6-2-1-3-7-12)17-18(23)22-15-9-5-4-8-14(15)21-17/h1-9,13,16H,(H,22,23). The van der Waals surface area contributed by atoms with Crippen LogP contribution in [0.1, 0.15) is 17.2 Å². The second kappa shape index (κ2) is 6.13. The molecule has 0 spiro atoms. The zero-order chi connectivity index (χ0) is 16.2. The largest absolute Gasteiger partial charge is 0.319 e. The smallest absolute Gasteiger partial charge is 0.270 e. The van der Waals surface area contributed by atoms with Gasteiger partial charge in [-0.3, -0.25) is 4.79 Å². The lowest BCUT2D eigenvalue weighted by Gasteiger charge is -2.17. The first-order chi connectivity index (χ1) is 11.2. The average Bonchev–Trinajstić information content (AvgIpc) is 2.60. The number of nitriles is 2. The summed E-state index contributed by atoms with van der Waals surface area (Å²) in [6.45, 7) is 0. The van der Waals surface area contributed by atoms with Crippen molar-refractivity contribution in [2.45, 2.75) is 5.92 Å². The zero-order valence-corrected chi connectivity index (χ0v) is 12.1. The maximum atomic E-state index is 12.4. The minimum atomic E-state index is -0.993. The molecule has 23 heavy (non-hydrogen) atoms. The van der Waals surface area contributed by atoms with Crippen LogP contribution in [0.15, 0.2) is 59.4 Å². The SMILES string of the molecule is N#CC(C#N)C(c1ccccc1)c1nc2ccccc2[nH]c1=O. The Labute approximate surface area is 132 Å². The monoisotopic (exact) mass is 300 g/mol. The number of nitrogens with zero attached hydrogens (tertiary/aromatic N) is 3. The van der Waals surface area contributed by atoms with Crippen LogP contribution in [0.4, 0.5) is 0 Å². The van der Waals surface area contributed by atoms with E-state index in [1.165, 1.54) is 0 Å². The molecular weight excluding hydrogens is 288 g/mol. The van der Waals surface area contributed by atoms with Crippen LogP contribution in [0, 0.1) is 28.6 Å². The Morgan fingerprint density at radius 2 is 1.61 bits per heavy atom. The molecule has 1 N–H and O–H groups in total. The molecule has 3 rings (SSSR count). The lowest BCUT2D eigenvalue weighted by atomic mass is 9.85. The van der Waals surface area contributed by atoms with Crippen LogP contribution in [0.25, 0.3) is 11.0 Å². The fraction of sp³-hybridized carbons (Fsp3) is 0.111. The lowest BCUT2D eigenvalue weighted by molar-refractivity contribution is 0.680. The van der Waals surface area contributed by atoms with Gasteiger partial charge in [-0.25, -0.2) is 4.98 Å². The first kappa shape index (κ1) is 14.5. The predicted molar refractivity (Wildman–Crippen MR) is 85.4 cm³/mol. The van der Waals surface area contributed by atoms with Crippen molar-refractivity contribution in [1.29, 1.82) is 10.5 Å². The van der Waals surface area contributed by atoms with Crippen LogP contribution >= 0.6 is 0 Å². The maximum Gasteiger partial charge on any atom is 0.270 e. The molecule has 0 aliphatic carbocycles. The molecule has 1 aromatic heterocycles. The van der Waals surface area contributed by atoms with Gasteiger partial charge in [-0.1, -0.05) is 42.5 Å². The third kappa shape index (κ3) is 2.68. The first-order valence-corrected chi connectivity index (χ1v) is 7.07. The number of nitrogens with one attached hydrogen (secondary N) is 1. The minimum Gasteiger partial charge on any atom is -0.319 e. The van der Waals surface area contributed by atoms with E-state index >= 15 is 0 Å². The van der Waals surface area contributed by atoms with Gasteiger partial charge in [-0.2, -0.15) is 10.5 Å². The molecule has 5 nitrogen and oxygen atoms in total. The Morgan fingerprint density at radius 3 is 2.30 bits per heavy atom. The molecule has 5 heteroatoms. The summed E-state index contributed by atoms with van der Waals surface area (Å²) < 4.78 is 0. The van der Waals surface area contributed by atoms with E-state index in [1.807, 2.05) is 42.5 Å². The predicted octanol–water partition coefficient (Wildman–Crippen LogP) is 2.72. The van der Waals surface area contributed by atoms with Crippen molar-refractivity contribution in [2.75, 3.05) is 0 Å². The van der Waals surface area contributed by atoms with Gasteiger partial charge in [0.15, 0.2) is 0 Å². The van der Waals surface area contributed by atoms with Crippen molar-refractivity contribution in [3.63, 3.8) is 0 Å². The highest BCUT2D eigenvalue weighted by Crippen LogP contribution is 2.29. The Bertz CT molecular complexity index is 966. The van der Waals surface area contributed by atoms with Gasteiger partial charge in [0, 0.05) is 0 Å². The topological polar surface area (TPSA) is 93.3 Å². The van der Waals surface area contributed by atoms with Gasteiger partial charge in [-0.15, -0.1) is 0 Å². The van der Waals surface area contributed by atoms with Crippen LogP contribution < -0.4 is 5.56 Å². The molecule has 0 bridgehead atoms. The van der Waals surface area contributed by atoms with Crippen LogP contribution in [-0.2, 0) is 0 Å². The maximum absolute atomic E-state index is 12.4. The Morgan fingerprint density at radius 1 is 0.957 bits per heavy atom. The highest BCUT2D eigenvalue weighted by atomic mass is 16.1. The lowest BCUT2D eigenvalue weighted by Crippen LogP contribution is -2.23. The van der Waals surface area contributed by atoms with E-state index in [0.717, 1.165) is 0 Å². The van der Waals surface area contributed by atoms with E-state index < -0.39 is 11.8 Å². The number of aromatic nitrogens is 2. The van der Waals surface area contributed by atoms with Crippen LogP contribution in [-0.4, -0.2) is 9.97 Å². The molecule has 0 aliphatic heterocycles. The molecule has 3 aromatic rings. The molecule has 1 unspecified atom stereocenters. The van der Waals surface area contributed by atoms with Gasteiger partial charge in [0.1, 0.15) is 11.6 Å². The van der Waals surface area contributed by atoms with E-state index in [2.05, 4.69) is 9.97 Å². The third-order valence-electron chi connectivity index (χ3n) is 3.69. The van der Waals surface area contributed by atoms with Crippen LogP contribution in [0.2, 0.25) is 0 Å². The number of fused-ring (bicyclic) bond motifs is 1. The van der Waals surface area contributed by atoms with Crippen molar-refractivity contribution in [1.82, 2.24) is 9.97 Å². The molecular formula is C18H12N4O. The van der Waals surface area contributed by atoms with Gasteiger partial charge < -0.3 is 4.98 Å². The minimum absolute atomic E-state index is 0.183. The van der Waals surface area contributed by atoms with Crippen molar-refractivity contribution in [2.24, 2.45) is 5.92 Å². The molecule has 0 fully saturated rings. The van der Waals surface area contributed by atoms with Gasteiger partial charge in [-0.05, 0) is 17.7 Å². The molecule has 110 valence electrons. The van der Waals surface area contributed by atoms with Gasteiger partial charge in [0.2, 0.25) is 0 Å². The number of benzene rings is 2. The fourth-order valence-corrected chi connectivity index (χ4v) is 2.60. The summed E-state index contributed by atoms with van der Waals surface area (Å²) in [6.07, 6.45) is 0. The van der Waals surface area contributed by atoms with Crippen LogP contribution in [0.5, 0.6) is 0 Å². The summed E-state index contributed by atoms with van der Waals surface area (Å²) in [6, 6.07) is 20.2. The Kier molecular flexibility index (Phi) is 3.86. The second-order valence-electron chi connectivity index (χ2n) is 5.09. The van der Waals surface area contributed by atoms with Gasteiger partial charge in [0.25, 0.3) is 5.56 Å². The number of hydrogen-bond acceptors (Lipinski definition) is 4. The van der Waals surface area contributed by atoms with Gasteiger partial charge >= 0.3 is 0 Å². The number of para-hydroxylation sites is 2. The number of rotatable bonds is 3. The van der Waals surface area contributed by atoms with Crippen molar-refractivity contribution >= 4 is 11.0 Å². The highest BCUT2D eigenvalue weighted by Gasteiger charge is 2.29. The first-order valence-electron chi connectivity index (χ1n) is 7.07. The molecule has 0 radical (unpaired) electrons. The quantitative estimate of drug-likeness (QED) is 0.804. The van der Waals surface area contributed by atoms with Gasteiger partial charge in [0.05, 0.1) is 29.1 Å². The zero-order valence-electron chi connectivity index (χ0n) is 12.1. The molecule has 1 atom stereocenters. The normalized spacial score (nSPS) is 11.8. The summed E-state index contributed by atoms with van der Waals surface area (Å²) in [5, 5.41) is 18.6. The van der Waals surface area contributed by atoms with E-state index in [1.54, 1.807) is 24.3 Å². The molecule has 0 aliphatic rings. The molecule has 0 amide bonds. The van der Waals surface area contributed by atoms with E-state index in [9.17, 15) is 15.3 Å². The third-order valence-corrected chi connectivity index (χ3v) is 3.69. The number of H-pyrrole nitrogens is 1. The van der Waals surface area contributed by atoms with E-state index in [-0.39, 0.29) is 11.3 Å². The summed E-state index contributed by atoms with van der Waals surface area (Å²) in [5.74, 6) is -1.69. The van der Waals surface area contributed by atoms with E-state index in [4.69, 9.17) is 0 Å². The number of aromatic amines is 1. The van der Waals surface area contributed by atoms with Crippen LogP contribution in [0.3, 0.4) is 0 Å². The fourth-order valence-electron chi connectivity index (χ4n) is 2.60. The Hall–Kier alpha value is -3.44. The average molecular weight is 300 g/mol. The van der Waals surface area contributed by atoms with E-state index in [0.29, 0.717) is 16.6 Å². The summed E-state index contributed by atoms with van der Waals surface area (Å²) in [5.41, 5.74) is 1.76. The van der Waals surface area contributed by atoms with Crippen molar-refractivity contribution in [3.8, 4) is 12.1 Å². The molecule has 0 saturated heterocycles. The summed E-state index contributed by atoms with van der Waals surface area (Å²) in [7, 11) is 0. The van der Waals surface area contributed by atoms with Crippen molar-refractivity contribution in [3.05, 3.63) is 76.2 Å². The second-order valence-corrected chi connectivity index (χ2v) is 5.09. The van der Waals surface area contributed by atoms with Crippen molar-refractivity contribution < 1.29 is 0 Å². The molecule has 0 saturated carbocycles. The highest BCUT2D eigenvalue weighted by molar-refractivity contribution is 5.73. The summed E-state index contributed by atoms with van der Waals surface area (Å²) >= 11 is 0. The molecule has 2 aromatic carbocycles. The molecule has 1 heterocycles. The summed E-state index contributed by atoms with van der Waals surface area (Å²) in [4.78, 5) is 19.6.